The number of hydrogen-bond donors (Lipinski definition) is 2. The molecule has 0 bridgehead atoms. The van der Waals surface area contributed by atoms with Crippen molar-refractivity contribution in [3.05, 3.63) is 30.1 Å². The molecule has 0 aliphatic carbocycles. The highest BCUT2D eigenvalue weighted by atomic mass is 16.5. The summed E-state index contributed by atoms with van der Waals surface area (Å²) < 4.78 is 5.48. The fourth-order valence-corrected chi connectivity index (χ4v) is 1.61. The fraction of sp³-hybridized carbons (Fsp3) is 0.429. The Morgan fingerprint density at radius 1 is 1.10 bits per heavy atom. The van der Waals surface area contributed by atoms with E-state index in [-0.39, 0.29) is 0 Å². The Morgan fingerprint density at radius 3 is 2.57 bits per heavy atom. The van der Waals surface area contributed by atoms with Crippen molar-refractivity contribution in [2.24, 2.45) is 0 Å². The number of nitrogens with one attached hydrogen (secondary N) is 2. The Bertz CT molecular complexity index is 548. The Kier molecular flexibility index (Phi) is 5.69. The predicted molar refractivity (Wildman–Crippen MR) is 81.3 cm³/mol. The zero-order chi connectivity index (χ0) is 14.9. The Hall–Kier alpha value is -2.44. The lowest BCUT2D eigenvalue weighted by Gasteiger charge is -2.09. The van der Waals surface area contributed by atoms with Crippen LogP contribution in [0.1, 0.15) is 25.8 Å². The van der Waals surface area contributed by atoms with Gasteiger partial charge in [-0.15, -0.1) is 0 Å². The normalized spacial score (nSPS) is 10.2. The van der Waals surface area contributed by atoms with Gasteiger partial charge < -0.3 is 15.4 Å². The van der Waals surface area contributed by atoms with Gasteiger partial charge in [-0.2, -0.15) is 15.0 Å². The quantitative estimate of drug-likeness (QED) is 0.769. The fourth-order valence-electron chi connectivity index (χ4n) is 1.61. The van der Waals surface area contributed by atoms with Crippen molar-refractivity contribution < 1.29 is 4.74 Å². The van der Waals surface area contributed by atoms with Crippen molar-refractivity contribution in [3.8, 4) is 6.01 Å². The van der Waals surface area contributed by atoms with Gasteiger partial charge in [0, 0.05) is 25.5 Å². The van der Waals surface area contributed by atoms with Crippen LogP contribution < -0.4 is 15.4 Å². The molecule has 2 heterocycles. The molecule has 0 spiro atoms. The lowest BCUT2D eigenvalue weighted by molar-refractivity contribution is 0.292. The van der Waals surface area contributed by atoms with E-state index in [2.05, 4.69) is 30.6 Å². The van der Waals surface area contributed by atoms with Gasteiger partial charge in [0.05, 0.1) is 6.61 Å². The standard InChI is InChI=1S/C14H20N6O/c1-3-8-21-14-19-12(16-4-2)18-13(20-14)17-10-11-6-5-7-15-9-11/h5-7,9H,3-4,8,10H2,1-2H3,(H2,16,17,18,19,20). The summed E-state index contributed by atoms with van der Waals surface area (Å²) in [5.74, 6) is 0.989. The van der Waals surface area contributed by atoms with Crippen LogP contribution in [0.15, 0.2) is 24.5 Å². The van der Waals surface area contributed by atoms with E-state index in [9.17, 15) is 0 Å². The van der Waals surface area contributed by atoms with Crippen LogP contribution in [0.4, 0.5) is 11.9 Å². The lowest BCUT2D eigenvalue weighted by Crippen LogP contribution is -2.11. The largest absolute Gasteiger partial charge is 0.463 e. The van der Waals surface area contributed by atoms with Crippen LogP contribution in [-0.4, -0.2) is 33.1 Å². The molecule has 0 atom stereocenters. The van der Waals surface area contributed by atoms with Crippen LogP contribution in [0.2, 0.25) is 0 Å². The third-order valence-electron chi connectivity index (χ3n) is 2.56. The minimum atomic E-state index is 0.330. The summed E-state index contributed by atoms with van der Waals surface area (Å²) in [6, 6.07) is 4.21. The van der Waals surface area contributed by atoms with Gasteiger partial charge in [0.2, 0.25) is 11.9 Å². The van der Waals surface area contributed by atoms with Crippen molar-refractivity contribution in [3.63, 3.8) is 0 Å². The molecule has 2 aromatic heterocycles. The van der Waals surface area contributed by atoms with Crippen molar-refractivity contribution >= 4 is 11.9 Å². The highest BCUT2D eigenvalue weighted by Gasteiger charge is 2.07. The third kappa shape index (κ3) is 4.87. The molecule has 0 unspecified atom stereocenters. The third-order valence-corrected chi connectivity index (χ3v) is 2.56. The van der Waals surface area contributed by atoms with E-state index < -0.39 is 0 Å². The van der Waals surface area contributed by atoms with E-state index in [1.807, 2.05) is 26.0 Å². The van der Waals surface area contributed by atoms with Gasteiger partial charge in [-0.3, -0.25) is 4.98 Å². The minimum absolute atomic E-state index is 0.330. The summed E-state index contributed by atoms with van der Waals surface area (Å²) in [6.07, 6.45) is 4.45. The zero-order valence-electron chi connectivity index (χ0n) is 12.3. The summed E-state index contributed by atoms with van der Waals surface area (Å²) in [4.78, 5) is 16.8. The van der Waals surface area contributed by atoms with Crippen molar-refractivity contribution in [2.45, 2.75) is 26.8 Å². The van der Waals surface area contributed by atoms with E-state index in [1.54, 1.807) is 12.4 Å². The van der Waals surface area contributed by atoms with Crippen molar-refractivity contribution in [1.82, 2.24) is 19.9 Å². The Balaban J connectivity index is 2.07. The maximum atomic E-state index is 5.48. The highest BCUT2D eigenvalue weighted by molar-refractivity contribution is 5.36. The van der Waals surface area contributed by atoms with Crippen LogP contribution in [-0.2, 0) is 6.54 Å². The number of rotatable bonds is 8. The van der Waals surface area contributed by atoms with Crippen LogP contribution in [0, 0.1) is 0 Å². The second-order valence-corrected chi connectivity index (χ2v) is 4.36. The molecule has 7 nitrogen and oxygen atoms in total. The number of aromatic nitrogens is 4. The van der Waals surface area contributed by atoms with E-state index in [1.165, 1.54) is 0 Å². The zero-order valence-corrected chi connectivity index (χ0v) is 12.3. The number of anilines is 2. The smallest absolute Gasteiger partial charge is 0.323 e. The van der Waals surface area contributed by atoms with Crippen molar-refractivity contribution in [2.75, 3.05) is 23.8 Å². The molecule has 0 amide bonds. The first-order valence-corrected chi connectivity index (χ1v) is 7.07. The molecule has 0 aromatic carbocycles. The number of pyridine rings is 1. The van der Waals surface area contributed by atoms with Gasteiger partial charge in [-0.25, -0.2) is 0 Å². The van der Waals surface area contributed by atoms with E-state index >= 15 is 0 Å². The Morgan fingerprint density at radius 2 is 1.90 bits per heavy atom. The second kappa shape index (κ2) is 7.98. The van der Waals surface area contributed by atoms with Crippen molar-refractivity contribution in [1.29, 1.82) is 0 Å². The maximum Gasteiger partial charge on any atom is 0.323 e. The van der Waals surface area contributed by atoms with E-state index in [4.69, 9.17) is 4.74 Å². The number of ether oxygens (including phenoxy) is 1. The monoisotopic (exact) mass is 288 g/mol. The molecule has 0 fully saturated rings. The van der Waals surface area contributed by atoms with Gasteiger partial charge in [0.15, 0.2) is 0 Å². The molecule has 2 N–H and O–H groups in total. The lowest BCUT2D eigenvalue weighted by atomic mass is 10.3. The average molecular weight is 288 g/mol. The summed E-state index contributed by atoms with van der Waals surface area (Å²) in [6.45, 7) is 5.93. The first kappa shape index (κ1) is 15.0. The molecule has 21 heavy (non-hydrogen) atoms. The van der Waals surface area contributed by atoms with Gasteiger partial charge >= 0.3 is 6.01 Å². The van der Waals surface area contributed by atoms with Crippen LogP contribution in [0.5, 0.6) is 6.01 Å². The predicted octanol–water partition coefficient (Wildman–Crippen LogP) is 2.10. The molecule has 2 rings (SSSR count). The molecular formula is C14H20N6O. The van der Waals surface area contributed by atoms with Gasteiger partial charge in [-0.1, -0.05) is 13.0 Å². The molecule has 0 aliphatic rings. The summed E-state index contributed by atoms with van der Waals surface area (Å²) in [7, 11) is 0. The molecule has 7 heteroatoms. The average Bonchev–Trinajstić information content (AvgIpc) is 2.52. The first-order valence-electron chi connectivity index (χ1n) is 7.07. The van der Waals surface area contributed by atoms with E-state index in [0.717, 1.165) is 18.5 Å². The number of hydrogen-bond acceptors (Lipinski definition) is 7. The van der Waals surface area contributed by atoms with E-state index in [0.29, 0.717) is 31.1 Å². The van der Waals surface area contributed by atoms with Gasteiger partial charge in [0.25, 0.3) is 0 Å². The minimum Gasteiger partial charge on any atom is -0.463 e. The SMILES string of the molecule is CCCOc1nc(NCC)nc(NCc2cccnc2)n1. The molecule has 0 saturated heterocycles. The van der Waals surface area contributed by atoms with Crippen LogP contribution in [0.3, 0.4) is 0 Å². The molecule has 2 aromatic rings. The summed E-state index contributed by atoms with van der Waals surface area (Å²) in [5.41, 5.74) is 1.05. The topological polar surface area (TPSA) is 84.9 Å². The highest BCUT2D eigenvalue weighted by Crippen LogP contribution is 2.12. The van der Waals surface area contributed by atoms with Gasteiger partial charge in [-0.05, 0) is 25.0 Å². The molecule has 112 valence electrons. The molecular weight excluding hydrogens is 268 g/mol. The molecule has 0 saturated carbocycles. The first-order chi connectivity index (χ1) is 10.3. The second-order valence-electron chi connectivity index (χ2n) is 4.36. The summed E-state index contributed by atoms with van der Waals surface area (Å²) >= 11 is 0. The van der Waals surface area contributed by atoms with Crippen LogP contribution in [0.25, 0.3) is 0 Å². The van der Waals surface area contributed by atoms with Gasteiger partial charge in [0.1, 0.15) is 0 Å². The Labute approximate surface area is 124 Å². The molecule has 0 aliphatic heterocycles. The van der Waals surface area contributed by atoms with Crippen LogP contribution >= 0.6 is 0 Å². The number of nitrogens with zero attached hydrogens (tertiary/aromatic N) is 4. The summed E-state index contributed by atoms with van der Waals surface area (Å²) in [5, 5.41) is 6.22. The maximum absolute atomic E-state index is 5.48. The molecule has 0 radical (unpaired) electrons.